The third kappa shape index (κ3) is 3.48. The minimum Gasteiger partial charge on any atom is -0.444 e. The average Bonchev–Trinajstić information content (AvgIpc) is 2.82. The van der Waals surface area contributed by atoms with Crippen LogP contribution in [-0.2, 0) is 4.74 Å². The molecule has 0 aromatic carbocycles. The Bertz CT molecular complexity index is 469. The maximum Gasteiger partial charge on any atom is 0.410 e. The van der Waals surface area contributed by atoms with Crippen LogP contribution in [0.15, 0.2) is 16.9 Å². The van der Waals surface area contributed by atoms with Gasteiger partial charge in [0, 0.05) is 12.7 Å². The van der Waals surface area contributed by atoms with E-state index in [9.17, 15) is 9.90 Å². The smallest absolute Gasteiger partial charge is 0.410 e. The number of hydrogen-bond donors (Lipinski definition) is 1. The molecule has 1 fully saturated rings. The van der Waals surface area contributed by atoms with Crippen LogP contribution in [0.3, 0.4) is 0 Å². The zero-order chi connectivity index (χ0) is 14.2. The molecule has 1 aromatic heterocycles. The molecule has 2 rings (SSSR count). The van der Waals surface area contributed by atoms with Gasteiger partial charge in [0.15, 0.2) is 0 Å². The number of carbonyl (C=O) groups is 1. The normalized spacial score (nSPS) is 23.7. The molecule has 1 aromatic rings. The predicted octanol–water partition coefficient (Wildman–Crippen LogP) is 1.80. The first kappa shape index (κ1) is 14.3. The van der Waals surface area contributed by atoms with E-state index in [2.05, 4.69) is 21.0 Å². The molecule has 19 heavy (non-hydrogen) atoms. The van der Waals surface area contributed by atoms with Gasteiger partial charge < -0.3 is 14.7 Å². The van der Waals surface area contributed by atoms with Crippen LogP contribution in [0.2, 0.25) is 0 Å². The number of likely N-dealkylation sites (tertiary alicyclic amines) is 1. The van der Waals surface area contributed by atoms with Crippen LogP contribution in [0, 0.1) is 0 Å². The van der Waals surface area contributed by atoms with Gasteiger partial charge in [-0.05, 0) is 36.7 Å². The van der Waals surface area contributed by atoms with E-state index in [0.717, 1.165) is 4.47 Å². The van der Waals surface area contributed by atoms with Gasteiger partial charge in [0.1, 0.15) is 5.60 Å². The van der Waals surface area contributed by atoms with Crippen LogP contribution < -0.4 is 0 Å². The summed E-state index contributed by atoms with van der Waals surface area (Å²) in [6, 6.07) is -0.237. The minimum absolute atomic E-state index is 0.237. The largest absolute Gasteiger partial charge is 0.444 e. The van der Waals surface area contributed by atoms with Crippen LogP contribution in [-0.4, -0.2) is 50.7 Å². The molecule has 1 saturated heterocycles. The topological polar surface area (TPSA) is 67.6 Å². The predicted molar refractivity (Wildman–Crippen MR) is 72.8 cm³/mol. The Balaban J connectivity index is 2.03. The van der Waals surface area contributed by atoms with E-state index in [0.29, 0.717) is 6.54 Å². The molecule has 7 heteroatoms. The Morgan fingerprint density at radius 3 is 2.74 bits per heavy atom. The van der Waals surface area contributed by atoms with Crippen molar-refractivity contribution in [2.75, 3.05) is 13.1 Å². The van der Waals surface area contributed by atoms with Crippen molar-refractivity contribution >= 4 is 22.0 Å². The fraction of sp³-hybridized carbons (Fsp3) is 0.667. The van der Waals surface area contributed by atoms with Gasteiger partial charge in [-0.2, -0.15) is 5.10 Å². The van der Waals surface area contributed by atoms with Crippen molar-refractivity contribution in [1.82, 2.24) is 14.7 Å². The summed E-state index contributed by atoms with van der Waals surface area (Å²) in [7, 11) is 0. The number of aliphatic hydroxyl groups excluding tert-OH is 1. The summed E-state index contributed by atoms with van der Waals surface area (Å²) in [4.78, 5) is 13.5. The Morgan fingerprint density at radius 1 is 1.53 bits per heavy atom. The van der Waals surface area contributed by atoms with Crippen molar-refractivity contribution in [3.05, 3.63) is 16.9 Å². The SMILES string of the molecule is CC(C)(C)OC(=O)N1CC(O)C(n2cc(Br)cn2)C1. The van der Waals surface area contributed by atoms with Gasteiger partial charge in [-0.25, -0.2) is 4.79 Å². The molecule has 2 unspecified atom stereocenters. The second-order valence-corrected chi connectivity index (χ2v) is 6.57. The maximum atomic E-state index is 11.9. The standard InChI is InChI=1S/C12H18BrN3O3/c1-12(2,3)19-11(18)15-6-9(10(17)7-15)16-5-8(13)4-14-16/h4-5,9-10,17H,6-7H2,1-3H3. The summed E-state index contributed by atoms with van der Waals surface area (Å²) in [5.74, 6) is 0. The average molecular weight is 332 g/mol. The number of halogens is 1. The van der Waals surface area contributed by atoms with Gasteiger partial charge in [-0.1, -0.05) is 0 Å². The summed E-state index contributed by atoms with van der Waals surface area (Å²) >= 11 is 3.31. The number of carbonyl (C=O) groups excluding carboxylic acids is 1. The fourth-order valence-electron chi connectivity index (χ4n) is 2.00. The first-order chi connectivity index (χ1) is 8.76. The lowest BCUT2D eigenvalue weighted by atomic mass is 10.2. The molecule has 1 aliphatic heterocycles. The van der Waals surface area contributed by atoms with Crippen LogP contribution in [0.4, 0.5) is 4.79 Å². The van der Waals surface area contributed by atoms with E-state index in [-0.39, 0.29) is 12.6 Å². The van der Waals surface area contributed by atoms with E-state index in [1.54, 1.807) is 17.1 Å². The molecule has 2 atom stereocenters. The minimum atomic E-state index is -0.640. The molecular weight excluding hydrogens is 314 g/mol. The van der Waals surface area contributed by atoms with Crippen molar-refractivity contribution < 1.29 is 14.6 Å². The molecule has 1 aliphatic rings. The molecule has 1 N–H and O–H groups in total. The van der Waals surface area contributed by atoms with Crippen LogP contribution in [0.25, 0.3) is 0 Å². The molecule has 0 radical (unpaired) electrons. The number of aromatic nitrogens is 2. The number of hydrogen-bond acceptors (Lipinski definition) is 4. The zero-order valence-corrected chi connectivity index (χ0v) is 12.8. The maximum absolute atomic E-state index is 11.9. The number of nitrogens with zero attached hydrogens (tertiary/aromatic N) is 3. The highest BCUT2D eigenvalue weighted by atomic mass is 79.9. The van der Waals surface area contributed by atoms with Crippen molar-refractivity contribution in [2.45, 2.75) is 38.5 Å². The van der Waals surface area contributed by atoms with E-state index in [1.165, 1.54) is 4.90 Å². The number of amides is 1. The highest BCUT2D eigenvalue weighted by molar-refractivity contribution is 9.10. The molecule has 6 nitrogen and oxygen atoms in total. The van der Waals surface area contributed by atoms with E-state index in [4.69, 9.17) is 4.74 Å². The Labute approximate surface area is 120 Å². The quantitative estimate of drug-likeness (QED) is 0.852. The fourth-order valence-corrected chi connectivity index (χ4v) is 2.30. The van der Waals surface area contributed by atoms with Gasteiger partial charge in [0.2, 0.25) is 0 Å². The second-order valence-electron chi connectivity index (χ2n) is 5.66. The lowest BCUT2D eigenvalue weighted by Crippen LogP contribution is -2.35. The van der Waals surface area contributed by atoms with Crippen molar-refractivity contribution in [3.8, 4) is 0 Å². The summed E-state index contributed by atoms with van der Waals surface area (Å²) in [6.45, 7) is 6.11. The van der Waals surface area contributed by atoms with Gasteiger partial charge in [-0.3, -0.25) is 4.68 Å². The highest BCUT2D eigenvalue weighted by Gasteiger charge is 2.37. The summed E-state index contributed by atoms with van der Waals surface area (Å²) in [5, 5.41) is 14.2. The number of β-amino-alcohol motifs (C(OH)–C–C–N with tert-alkyl or cyclic N) is 1. The molecule has 1 amide bonds. The monoisotopic (exact) mass is 331 g/mol. The summed E-state index contributed by atoms with van der Waals surface area (Å²) in [5.41, 5.74) is -0.533. The number of rotatable bonds is 1. The summed E-state index contributed by atoms with van der Waals surface area (Å²) < 4.78 is 7.81. The Hall–Kier alpha value is -1.08. The van der Waals surface area contributed by atoms with Gasteiger partial charge in [0.25, 0.3) is 0 Å². The third-order valence-corrected chi connectivity index (χ3v) is 3.23. The van der Waals surface area contributed by atoms with E-state index in [1.807, 2.05) is 20.8 Å². The molecule has 2 heterocycles. The van der Waals surface area contributed by atoms with Crippen molar-refractivity contribution in [3.63, 3.8) is 0 Å². The molecule has 0 aliphatic carbocycles. The Kier molecular flexibility index (Phi) is 3.87. The highest BCUT2D eigenvalue weighted by Crippen LogP contribution is 2.24. The molecular formula is C12H18BrN3O3. The first-order valence-electron chi connectivity index (χ1n) is 6.12. The lowest BCUT2D eigenvalue weighted by Gasteiger charge is -2.24. The summed E-state index contributed by atoms with van der Waals surface area (Å²) in [6.07, 6.45) is 2.40. The van der Waals surface area contributed by atoms with Crippen LogP contribution >= 0.6 is 15.9 Å². The molecule has 0 spiro atoms. The van der Waals surface area contributed by atoms with Crippen LogP contribution in [0.1, 0.15) is 26.8 Å². The molecule has 0 bridgehead atoms. The first-order valence-corrected chi connectivity index (χ1v) is 6.91. The van der Waals surface area contributed by atoms with Gasteiger partial charge >= 0.3 is 6.09 Å². The van der Waals surface area contributed by atoms with E-state index < -0.39 is 17.8 Å². The third-order valence-electron chi connectivity index (χ3n) is 2.82. The van der Waals surface area contributed by atoms with Crippen LogP contribution in [0.5, 0.6) is 0 Å². The van der Waals surface area contributed by atoms with Gasteiger partial charge in [0.05, 0.1) is 29.4 Å². The van der Waals surface area contributed by atoms with Crippen molar-refractivity contribution in [2.24, 2.45) is 0 Å². The number of ether oxygens (including phenoxy) is 1. The molecule has 106 valence electrons. The molecule has 0 saturated carbocycles. The number of aliphatic hydroxyl groups is 1. The van der Waals surface area contributed by atoms with Crippen molar-refractivity contribution in [1.29, 1.82) is 0 Å². The Morgan fingerprint density at radius 2 is 2.21 bits per heavy atom. The van der Waals surface area contributed by atoms with Gasteiger partial charge in [-0.15, -0.1) is 0 Å². The lowest BCUT2D eigenvalue weighted by molar-refractivity contribution is 0.0270. The zero-order valence-electron chi connectivity index (χ0n) is 11.2. The van der Waals surface area contributed by atoms with E-state index >= 15 is 0 Å². The second kappa shape index (κ2) is 5.13.